The van der Waals surface area contributed by atoms with Crippen LogP contribution in [0.3, 0.4) is 0 Å². The summed E-state index contributed by atoms with van der Waals surface area (Å²) in [5.74, 6) is -0.0870. The molecule has 112 valence electrons. The molecule has 0 saturated carbocycles. The van der Waals surface area contributed by atoms with Gasteiger partial charge in [0.1, 0.15) is 0 Å². The molecule has 4 rings (SSSR count). The molecule has 2 aliphatic rings. The third-order valence-electron chi connectivity index (χ3n) is 4.81. The average molecular weight is 422 g/mol. The predicted molar refractivity (Wildman–Crippen MR) is 92.9 cm³/mol. The van der Waals surface area contributed by atoms with E-state index >= 15 is 0 Å². The molecule has 0 aromatic heterocycles. The van der Waals surface area contributed by atoms with Crippen LogP contribution in [0.4, 0.5) is 0 Å². The minimum atomic E-state index is -0.127. The summed E-state index contributed by atoms with van der Waals surface area (Å²) in [7, 11) is 0. The SMILES string of the molecule is O=C1CCC2(CCO1)c1ccccc1-c1cc(Br)cc(Br)c12. The predicted octanol–water partition coefficient (Wildman–Crippen LogP) is 5.21. The second-order valence-electron chi connectivity index (χ2n) is 5.91. The van der Waals surface area contributed by atoms with Gasteiger partial charge < -0.3 is 4.74 Å². The molecular weight excluding hydrogens is 408 g/mol. The quantitative estimate of drug-likeness (QED) is 0.546. The Morgan fingerprint density at radius 1 is 1.05 bits per heavy atom. The second kappa shape index (κ2) is 5.20. The molecule has 22 heavy (non-hydrogen) atoms. The maximum absolute atomic E-state index is 11.7. The Hall–Kier alpha value is -1.13. The number of ether oxygens (including phenoxy) is 1. The molecule has 1 aliphatic heterocycles. The van der Waals surface area contributed by atoms with Crippen LogP contribution < -0.4 is 0 Å². The van der Waals surface area contributed by atoms with Crippen LogP contribution in [0.2, 0.25) is 0 Å². The molecule has 1 atom stereocenters. The van der Waals surface area contributed by atoms with Gasteiger partial charge in [0.15, 0.2) is 0 Å². The second-order valence-corrected chi connectivity index (χ2v) is 7.68. The lowest BCUT2D eigenvalue weighted by atomic mass is 9.72. The Kier molecular flexibility index (Phi) is 3.42. The Balaban J connectivity index is 2.02. The number of hydrogen-bond acceptors (Lipinski definition) is 2. The molecular formula is C18H14Br2O2. The number of benzene rings is 2. The van der Waals surface area contributed by atoms with Gasteiger partial charge in [0.25, 0.3) is 0 Å². The minimum Gasteiger partial charge on any atom is -0.466 e. The van der Waals surface area contributed by atoms with Gasteiger partial charge in [-0.25, -0.2) is 0 Å². The minimum absolute atomic E-state index is 0.0870. The van der Waals surface area contributed by atoms with Crippen LogP contribution in [0.15, 0.2) is 45.3 Å². The highest BCUT2D eigenvalue weighted by Crippen LogP contribution is 2.56. The number of cyclic esters (lactones) is 1. The molecule has 1 spiro atoms. The van der Waals surface area contributed by atoms with Gasteiger partial charge >= 0.3 is 5.97 Å². The van der Waals surface area contributed by atoms with E-state index in [0.29, 0.717) is 13.0 Å². The van der Waals surface area contributed by atoms with Crippen LogP contribution in [-0.4, -0.2) is 12.6 Å². The molecule has 1 heterocycles. The molecule has 4 heteroatoms. The summed E-state index contributed by atoms with van der Waals surface area (Å²) in [5.41, 5.74) is 5.02. The molecule has 1 fully saturated rings. The molecule has 0 bridgehead atoms. The van der Waals surface area contributed by atoms with Gasteiger partial charge in [-0.1, -0.05) is 56.1 Å². The highest BCUT2D eigenvalue weighted by atomic mass is 79.9. The first-order valence-corrected chi connectivity index (χ1v) is 8.95. The monoisotopic (exact) mass is 420 g/mol. The van der Waals surface area contributed by atoms with Crippen molar-refractivity contribution in [2.24, 2.45) is 0 Å². The van der Waals surface area contributed by atoms with E-state index in [9.17, 15) is 4.79 Å². The number of fused-ring (bicyclic) bond motifs is 5. The zero-order valence-corrected chi connectivity index (χ0v) is 15.0. The summed E-state index contributed by atoms with van der Waals surface area (Å²) < 4.78 is 7.48. The number of hydrogen-bond donors (Lipinski definition) is 0. The van der Waals surface area contributed by atoms with Crippen LogP contribution >= 0.6 is 31.9 Å². The Morgan fingerprint density at radius 3 is 2.73 bits per heavy atom. The number of carbonyl (C=O) groups excluding carboxylic acids is 1. The standard InChI is InChI=1S/C18H14Br2O2/c19-11-9-13-12-3-1-2-4-14(12)18(17(13)15(20)10-11)6-5-16(21)22-8-7-18/h1-4,9-10H,5-8H2. The summed E-state index contributed by atoms with van der Waals surface area (Å²) in [6, 6.07) is 12.8. The van der Waals surface area contributed by atoms with E-state index in [1.807, 2.05) is 0 Å². The van der Waals surface area contributed by atoms with E-state index in [0.717, 1.165) is 21.8 Å². The van der Waals surface area contributed by atoms with Gasteiger partial charge in [-0.05, 0) is 47.2 Å². The highest BCUT2D eigenvalue weighted by molar-refractivity contribution is 9.11. The Bertz CT molecular complexity index is 785. The number of halogens is 2. The van der Waals surface area contributed by atoms with Crippen molar-refractivity contribution in [3.8, 4) is 11.1 Å². The molecule has 2 nitrogen and oxygen atoms in total. The average Bonchev–Trinajstić information content (AvgIpc) is 2.62. The van der Waals surface area contributed by atoms with Crippen LogP contribution in [0.25, 0.3) is 11.1 Å². The van der Waals surface area contributed by atoms with Crippen molar-refractivity contribution in [1.82, 2.24) is 0 Å². The number of esters is 1. The van der Waals surface area contributed by atoms with Crippen molar-refractivity contribution in [3.05, 3.63) is 56.5 Å². The maximum atomic E-state index is 11.7. The Morgan fingerprint density at radius 2 is 1.86 bits per heavy atom. The van der Waals surface area contributed by atoms with Crippen LogP contribution in [-0.2, 0) is 14.9 Å². The molecule has 1 unspecified atom stereocenters. The lowest BCUT2D eigenvalue weighted by molar-refractivity contribution is -0.142. The summed E-state index contributed by atoms with van der Waals surface area (Å²) in [4.78, 5) is 11.7. The molecule has 1 saturated heterocycles. The highest BCUT2D eigenvalue weighted by Gasteiger charge is 2.45. The molecule has 2 aromatic rings. The summed E-state index contributed by atoms with van der Waals surface area (Å²) in [5, 5.41) is 0. The van der Waals surface area contributed by atoms with Crippen molar-refractivity contribution in [3.63, 3.8) is 0 Å². The third-order valence-corrected chi connectivity index (χ3v) is 5.90. The van der Waals surface area contributed by atoms with E-state index in [1.165, 1.54) is 22.3 Å². The first-order valence-electron chi connectivity index (χ1n) is 7.37. The van der Waals surface area contributed by atoms with Gasteiger partial charge in [-0.15, -0.1) is 0 Å². The van der Waals surface area contributed by atoms with E-state index in [-0.39, 0.29) is 11.4 Å². The molecule has 1 aliphatic carbocycles. The van der Waals surface area contributed by atoms with Crippen molar-refractivity contribution in [2.75, 3.05) is 6.61 Å². The zero-order chi connectivity index (χ0) is 15.3. The van der Waals surface area contributed by atoms with E-state index < -0.39 is 0 Å². The fraction of sp³-hybridized carbons (Fsp3) is 0.278. The molecule has 2 aromatic carbocycles. The first-order chi connectivity index (χ1) is 10.6. The smallest absolute Gasteiger partial charge is 0.305 e. The van der Waals surface area contributed by atoms with Crippen molar-refractivity contribution in [2.45, 2.75) is 24.7 Å². The van der Waals surface area contributed by atoms with E-state index in [1.54, 1.807) is 0 Å². The van der Waals surface area contributed by atoms with Crippen LogP contribution in [0, 0.1) is 0 Å². The van der Waals surface area contributed by atoms with Crippen LogP contribution in [0.1, 0.15) is 30.4 Å². The fourth-order valence-electron chi connectivity index (χ4n) is 3.91. The summed E-state index contributed by atoms with van der Waals surface area (Å²) >= 11 is 7.35. The summed E-state index contributed by atoms with van der Waals surface area (Å²) in [6.07, 6.45) is 2.11. The van der Waals surface area contributed by atoms with Gasteiger partial charge in [-0.3, -0.25) is 4.79 Å². The Labute approximate surface area is 146 Å². The molecule has 0 N–H and O–H groups in total. The van der Waals surface area contributed by atoms with Crippen LogP contribution in [0.5, 0.6) is 0 Å². The van der Waals surface area contributed by atoms with Gasteiger partial charge in [0.05, 0.1) is 6.61 Å². The van der Waals surface area contributed by atoms with Crippen molar-refractivity contribution in [1.29, 1.82) is 0 Å². The van der Waals surface area contributed by atoms with Crippen molar-refractivity contribution >= 4 is 37.8 Å². The van der Waals surface area contributed by atoms with E-state index in [4.69, 9.17) is 4.74 Å². The first kappa shape index (κ1) is 14.5. The van der Waals surface area contributed by atoms with Gasteiger partial charge in [0, 0.05) is 20.8 Å². The molecule has 0 amide bonds. The lowest BCUT2D eigenvalue weighted by Crippen LogP contribution is -2.26. The number of carbonyl (C=O) groups is 1. The largest absolute Gasteiger partial charge is 0.466 e. The van der Waals surface area contributed by atoms with Gasteiger partial charge in [-0.2, -0.15) is 0 Å². The lowest BCUT2D eigenvalue weighted by Gasteiger charge is -2.30. The number of rotatable bonds is 0. The molecule has 0 radical (unpaired) electrons. The summed E-state index contributed by atoms with van der Waals surface area (Å²) in [6.45, 7) is 0.481. The zero-order valence-electron chi connectivity index (χ0n) is 11.9. The topological polar surface area (TPSA) is 26.3 Å². The van der Waals surface area contributed by atoms with E-state index in [2.05, 4.69) is 68.3 Å². The third kappa shape index (κ3) is 2.00. The maximum Gasteiger partial charge on any atom is 0.305 e. The van der Waals surface area contributed by atoms with Gasteiger partial charge in [0.2, 0.25) is 0 Å². The fourth-order valence-corrected chi connectivity index (χ4v) is 5.52. The van der Waals surface area contributed by atoms with Crippen molar-refractivity contribution < 1.29 is 9.53 Å². The normalized spacial score (nSPS) is 22.9.